The molecule has 1 rings (SSSR count). The van der Waals surface area contributed by atoms with Gasteiger partial charge in [0.25, 0.3) is 0 Å². The van der Waals surface area contributed by atoms with E-state index in [2.05, 4.69) is 5.32 Å². The molecule has 0 aromatic carbocycles. The van der Waals surface area contributed by atoms with Crippen molar-refractivity contribution in [1.82, 2.24) is 5.32 Å². The summed E-state index contributed by atoms with van der Waals surface area (Å²) >= 11 is 0. The number of amides is 1. The van der Waals surface area contributed by atoms with Crippen molar-refractivity contribution in [2.75, 3.05) is 19.8 Å². The van der Waals surface area contributed by atoms with Crippen molar-refractivity contribution in [2.24, 2.45) is 5.92 Å². The van der Waals surface area contributed by atoms with Gasteiger partial charge in [0.2, 0.25) is 5.91 Å². The van der Waals surface area contributed by atoms with Gasteiger partial charge in [0.05, 0.1) is 13.0 Å². The van der Waals surface area contributed by atoms with Gasteiger partial charge in [-0.05, 0) is 18.8 Å². The van der Waals surface area contributed by atoms with Crippen LogP contribution in [0.15, 0.2) is 0 Å². The van der Waals surface area contributed by atoms with Gasteiger partial charge in [0, 0.05) is 6.54 Å². The number of hydrogen-bond donors (Lipinski definition) is 2. The van der Waals surface area contributed by atoms with E-state index in [4.69, 9.17) is 9.84 Å². The van der Waals surface area contributed by atoms with E-state index in [0.29, 0.717) is 12.5 Å². The molecular weight excluding hydrogens is 186 g/mol. The van der Waals surface area contributed by atoms with Crippen molar-refractivity contribution < 1.29 is 19.4 Å². The number of hydrogen-bond acceptors (Lipinski definition) is 3. The first-order valence-corrected chi connectivity index (χ1v) is 4.74. The average Bonchev–Trinajstić information content (AvgIpc) is 2.87. The predicted molar refractivity (Wildman–Crippen MR) is 48.8 cm³/mol. The van der Waals surface area contributed by atoms with Crippen molar-refractivity contribution in [1.29, 1.82) is 0 Å². The number of aliphatic carboxylic acids is 1. The smallest absolute Gasteiger partial charge is 0.305 e. The summed E-state index contributed by atoms with van der Waals surface area (Å²) in [5.41, 5.74) is 0. The SMILES string of the molecule is O=C(O)CCNC(=O)COCC1CC1. The highest BCUT2D eigenvalue weighted by molar-refractivity contribution is 5.77. The standard InChI is InChI=1S/C9H15NO4/c11-8(10-4-3-9(12)13)6-14-5-7-1-2-7/h7H,1-6H2,(H,10,11)(H,12,13). The third kappa shape index (κ3) is 5.53. The van der Waals surface area contributed by atoms with Gasteiger partial charge in [0.1, 0.15) is 6.61 Å². The maximum Gasteiger partial charge on any atom is 0.305 e. The van der Waals surface area contributed by atoms with Gasteiger partial charge in [-0.3, -0.25) is 9.59 Å². The largest absolute Gasteiger partial charge is 0.481 e. The Morgan fingerprint density at radius 1 is 1.43 bits per heavy atom. The molecule has 1 saturated carbocycles. The molecular formula is C9H15NO4. The van der Waals surface area contributed by atoms with Crippen LogP contribution in [-0.4, -0.2) is 36.7 Å². The third-order valence-electron chi connectivity index (χ3n) is 1.94. The zero-order valence-corrected chi connectivity index (χ0v) is 7.99. The van der Waals surface area contributed by atoms with Crippen LogP contribution in [0.25, 0.3) is 0 Å². The molecule has 0 aromatic heterocycles. The lowest BCUT2D eigenvalue weighted by Crippen LogP contribution is -2.29. The Morgan fingerprint density at radius 2 is 2.14 bits per heavy atom. The lowest BCUT2D eigenvalue weighted by Gasteiger charge is -2.03. The van der Waals surface area contributed by atoms with E-state index in [9.17, 15) is 9.59 Å². The molecule has 1 aliphatic rings. The zero-order chi connectivity index (χ0) is 10.4. The van der Waals surface area contributed by atoms with Gasteiger partial charge in [-0.15, -0.1) is 0 Å². The summed E-state index contributed by atoms with van der Waals surface area (Å²) in [5, 5.41) is 10.8. The maximum absolute atomic E-state index is 11.0. The summed E-state index contributed by atoms with van der Waals surface area (Å²) in [6.45, 7) is 0.851. The first-order chi connectivity index (χ1) is 6.68. The topological polar surface area (TPSA) is 75.6 Å². The summed E-state index contributed by atoms with van der Waals surface area (Å²) in [6, 6.07) is 0. The molecule has 0 saturated heterocycles. The third-order valence-corrected chi connectivity index (χ3v) is 1.94. The molecule has 1 amide bonds. The number of carboxylic acid groups (broad SMARTS) is 1. The Kier molecular flexibility index (Phi) is 4.39. The van der Waals surface area contributed by atoms with Gasteiger partial charge < -0.3 is 15.2 Å². The second-order valence-electron chi connectivity index (χ2n) is 3.45. The lowest BCUT2D eigenvalue weighted by atomic mass is 10.4. The van der Waals surface area contributed by atoms with E-state index in [1.807, 2.05) is 0 Å². The maximum atomic E-state index is 11.0. The van der Waals surface area contributed by atoms with E-state index < -0.39 is 5.97 Å². The van der Waals surface area contributed by atoms with Crippen LogP contribution in [0.5, 0.6) is 0 Å². The van der Waals surface area contributed by atoms with Crippen molar-refractivity contribution >= 4 is 11.9 Å². The first kappa shape index (κ1) is 11.0. The van der Waals surface area contributed by atoms with Gasteiger partial charge in [0.15, 0.2) is 0 Å². The molecule has 0 aromatic rings. The Bertz CT molecular complexity index is 213. The van der Waals surface area contributed by atoms with Crippen molar-refractivity contribution in [2.45, 2.75) is 19.3 Å². The van der Waals surface area contributed by atoms with Crippen LogP contribution in [0.4, 0.5) is 0 Å². The summed E-state index contributed by atoms with van der Waals surface area (Å²) in [7, 11) is 0. The summed E-state index contributed by atoms with van der Waals surface area (Å²) in [6.07, 6.45) is 2.34. The summed E-state index contributed by atoms with van der Waals surface area (Å²) in [5.74, 6) is -0.516. The molecule has 1 fully saturated rings. The van der Waals surface area contributed by atoms with E-state index >= 15 is 0 Å². The van der Waals surface area contributed by atoms with Crippen LogP contribution in [-0.2, 0) is 14.3 Å². The van der Waals surface area contributed by atoms with Crippen molar-refractivity contribution in [3.05, 3.63) is 0 Å². The van der Waals surface area contributed by atoms with Gasteiger partial charge in [-0.25, -0.2) is 0 Å². The molecule has 0 radical (unpaired) electrons. The fourth-order valence-electron chi connectivity index (χ4n) is 0.963. The Morgan fingerprint density at radius 3 is 2.71 bits per heavy atom. The van der Waals surface area contributed by atoms with Crippen LogP contribution in [0.3, 0.4) is 0 Å². The fraction of sp³-hybridized carbons (Fsp3) is 0.778. The Labute approximate surface area is 82.4 Å². The number of rotatable bonds is 7. The van der Waals surface area contributed by atoms with Crippen LogP contribution in [0.2, 0.25) is 0 Å². The normalized spacial score (nSPS) is 15.1. The minimum atomic E-state index is -0.913. The highest BCUT2D eigenvalue weighted by atomic mass is 16.5. The number of carbonyl (C=O) groups is 2. The number of carboxylic acids is 1. The predicted octanol–water partition coefficient (Wildman–Crippen LogP) is 0.00390. The molecule has 5 heteroatoms. The summed E-state index contributed by atoms with van der Waals surface area (Å²) in [4.78, 5) is 21.1. The molecule has 0 heterocycles. The number of ether oxygens (including phenoxy) is 1. The highest BCUT2D eigenvalue weighted by Gasteiger charge is 2.21. The van der Waals surface area contributed by atoms with Crippen LogP contribution < -0.4 is 5.32 Å². The van der Waals surface area contributed by atoms with Gasteiger partial charge in [-0.1, -0.05) is 0 Å². The number of carbonyl (C=O) groups excluding carboxylic acids is 1. The Hall–Kier alpha value is -1.10. The second kappa shape index (κ2) is 5.59. The van der Waals surface area contributed by atoms with Crippen LogP contribution >= 0.6 is 0 Å². The Balaban J connectivity index is 1.89. The lowest BCUT2D eigenvalue weighted by molar-refractivity contribution is -0.137. The molecule has 0 aliphatic heterocycles. The molecule has 1 aliphatic carbocycles. The average molecular weight is 201 g/mol. The van der Waals surface area contributed by atoms with Gasteiger partial charge >= 0.3 is 5.97 Å². The van der Waals surface area contributed by atoms with E-state index in [-0.39, 0.29) is 25.5 Å². The molecule has 0 atom stereocenters. The first-order valence-electron chi connectivity index (χ1n) is 4.74. The zero-order valence-electron chi connectivity index (χ0n) is 7.99. The van der Waals surface area contributed by atoms with Crippen molar-refractivity contribution in [3.63, 3.8) is 0 Å². The molecule has 0 spiro atoms. The van der Waals surface area contributed by atoms with Crippen molar-refractivity contribution in [3.8, 4) is 0 Å². The molecule has 0 bridgehead atoms. The van der Waals surface area contributed by atoms with E-state index in [1.54, 1.807) is 0 Å². The minimum Gasteiger partial charge on any atom is -0.481 e. The molecule has 5 nitrogen and oxygen atoms in total. The molecule has 2 N–H and O–H groups in total. The van der Waals surface area contributed by atoms with E-state index in [0.717, 1.165) is 0 Å². The van der Waals surface area contributed by atoms with E-state index in [1.165, 1.54) is 12.8 Å². The van der Waals surface area contributed by atoms with Crippen LogP contribution in [0, 0.1) is 5.92 Å². The number of nitrogens with one attached hydrogen (secondary N) is 1. The quantitative estimate of drug-likeness (QED) is 0.608. The highest BCUT2D eigenvalue weighted by Crippen LogP contribution is 2.28. The monoisotopic (exact) mass is 201 g/mol. The molecule has 14 heavy (non-hydrogen) atoms. The molecule has 0 unspecified atom stereocenters. The molecule has 80 valence electrons. The fourth-order valence-corrected chi connectivity index (χ4v) is 0.963. The second-order valence-corrected chi connectivity index (χ2v) is 3.45. The van der Waals surface area contributed by atoms with Crippen LogP contribution in [0.1, 0.15) is 19.3 Å². The minimum absolute atomic E-state index is 0.0378. The van der Waals surface area contributed by atoms with Gasteiger partial charge in [-0.2, -0.15) is 0 Å². The summed E-state index contributed by atoms with van der Waals surface area (Å²) < 4.78 is 5.12.